The van der Waals surface area contributed by atoms with Gasteiger partial charge in [-0.25, -0.2) is 0 Å². The number of aryl methyl sites for hydroxylation is 1. The Balaban J connectivity index is 2.15. The molecule has 2 N–H and O–H groups in total. The predicted molar refractivity (Wildman–Crippen MR) is 95.8 cm³/mol. The third-order valence-electron chi connectivity index (χ3n) is 4.21. The van der Waals surface area contributed by atoms with Crippen molar-refractivity contribution in [2.75, 3.05) is 0 Å². The van der Waals surface area contributed by atoms with E-state index in [1.165, 1.54) is 11.8 Å². The smallest absolute Gasteiger partial charge is 0.311 e. The van der Waals surface area contributed by atoms with Crippen LogP contribution in [0.2, 0.25) is 0 Å². The molecule has 1 aromatic heterocycles. The summed E-state index contributed by atoms with van der Waals surface area (Å²) in [5.41, 5.74) is 3.22. The van der Waals surface area contributed by atoms with Crippen LogP contribution in [0.15, 0.2) is 34.9 Å². The standard InChI is InChI=1S/C20H25NO4/c1-12-11-25-16(10-17(22)23)18(12)19(24)21-13(2)14-6-8-15(9-7-14)20(3,4)5/h6-9,11,13H,10H2,1-5H3,(H,21,24)(H,22,23). The van der Waals surface area contributed by atoms with Crippen molar-refractivity contribution in [1.82, 2.24) is 5.32 Å². The molecule has 1 amide bonds. The van der Waals surface area contributed by atoms with Crippen LogP contribution in [0.4, 0.5) is 0 Å². The topological polar surface area (TPSA) is 79.5 Å². The van der Waals surface area contributed by atoms with Crippen molar-refractivity contribution in [2.45, 2.75) is 52.5 Å². The van der Waals surface area contributed by atoms with Gasteiger partial charge in [-0.05, 0) is 30.4 Å². The van der Waals surface area contributed by atoms with Crippen LogP contribution in [0.5, 0.6) is 0 Å². The number of amides is 1. The molecule has 25 heavy (non-hydrogen) atoms. The summed E-state index contributed by atoms with van der Waals surface area (Å²) in [6, 6.07) is 7.94. The highest BCUT2D eigenvalue weighted by Gasteiger charge is 2.22. The summed E-state index contributed by atoms with van der Waals surface area (Å²) in [5, 5.41) is 11.9. The van der Waals surface area contributed by atoms with E-state index in [-0.39, 0.29) is 29.5 Å². The SMILES string of the molecule is Cc1coc(CC(=O)O)c1C(=O)NC(C)c1ccc(C(C)(C)C)cc1. The molecule has 5 heteroatoms. The van der Waals surface area contributed by atoms with Crippen molar-refractivity contribution in [3.05, 3.63) is 58.5 Å². The first-order valence-electron chi connectivity index (χ1n) is 8.29. The molecule has 0 aliphatic rings. The van der Waals surface area contributed by atoms with E-state index in [2.05, 4.69) is 38.2 Å². The maximum absolute atomic E-state index is 12.6. The zero-order chi connectivity index (χ0) is 18.8. The van der Waals surface area contributed by atoms with Crippen molar-refractivity contribution >= 4 is 11.9 Å². The maximum atomic E-state index is 12.6. The number of nitrogens with one attached hydrogen (secondary N) is 1. The Kier molecular flexibility index (Phi) is 5.36. The van der Waals surface area contributed by atoms with Crippen LogP contribution in [0.25, 0.3) is 0 Å². The van der Waals surface area contributed by atoms with E-state index in [9.17, 15) is 9.59 Å². The molecule has 1 aromatic carbocycles. The Morgan fingerprint density at radius 3 is 2.32 bits per heavy atom. The van der Waals surface area contributed by atoms with E-state index in [0.29, 0.717) is 11.1 Å². The molecule has 1 heterocycles. The third-order valence-corrected chi connectivity index (χ3v) is 4.21. The molecule has 0 spiro atoms. The molecular formula is C20H25NO4. The molecule has 2 rings (SSSR count). The third kappa shape index (κ3) is 4.50. The van der Waals surface area contributed by atoms with Gasteiger partial charge in [-0.3, -0.25) is 9.59 Å². The minimum absolute atomic E-state index is 0.0741. The van der Waals surface area contributed by atoms with E-state index < -0.39 is 5.97 Å². The summed E-state index contributed by atoms with van der Waals surface area (Å²) >= 11 is 0. The van der Waals surface area contributed by atoms with Crippen molar-refractivity contribution < 1.29 is 19.1 Å². The molecule has 0 fully saturated rings. The van der Waals surface area contributed by atoms with Gasteiger partial charge in [0.15, 0.2) is 0 Å². The highest BCUT2D eigenvalue weighted by atomic mass is 16.4. The van der Waals surface area contributed by atoms with Gasteiger partial charge >= 0.3 is 5.97 Å². The molecular weight excluding hydrogens is 318 g/mol. The number of carbonyl (C=O) groups excluding carboxylic acids is 1. The minimum Gasteiger partial charge on any atom is -0.481 e. The van der Waals surface area contributed by atoms with Crippen molar-refractivity contribution in [3.63, 3.8) is 0 Å². The van der Waals surface area contributed by atoms with Gasteiger partial charge in [-0.15, -0.1) is 0 Å². The Hall–Kier alpha value is -2.56. The fraction of sp³-hybridized carbons (Fsp3) is 0.400. The zero-order valence-corrected chi connectivity index (χ0v) is 15.3. The summed E-state index contributed by atoms with van der Waals surface area (Å²) in [6.45, 7) is 10.1. The van der Waals surface area contributed by atoms with Gasteiger partial charge in [0.1, 0.15) is 12.2 Å². The van der Waals surface area contributed by atoms with Crippen LogP contribution in [-0.4, -0.2) is 17.0 Å². The number of rotatable bonds is 5. The first kappa shape index (κ1) is 18.8. The quantitative estimate of drug-likeness (QED) is 0.860. The summed E-state index contributed by atoms with van der Waals surface area (Å²) in [5.74, 6) is -1.18. The minimum atomic E-state index is -1.03. The number of benzene rings is 1. The monoisotopic (exact) mass is 343 g/mol. The lowest BCUT2D eigenvalue weighted by Crippen LogP contribution is -2.28. The molecule has 5 nitrogen and oxygen atoms in total. The molecule has 0 saturated heterocycles. The number of hydrogen-bond acceptors (Lipinski definition) is 3. The molecule has 134 valence electrons. The van der Waals surface area contributed by atoms with E-state index in [4.69, 9.17) is 9.52 Å². The van der Waals surface area contributed by atoms with Gasteiger partial charge in [0.05, 0.1) is 17.9 Å². The van der Waals surface area contributed by atoms with Crippen LogP contribution in [0, 0.1) is 6.92 Å². The zero-order valence-electron chi connectivity index (χ0n) is 15.3. The van der Waals surface area contributed by atoms with Crippen LogP contribution >= 0.6 is 0 Å². The van der Waals surface area contributed by atoms with E-state index in [0.717, 1.165) is 5.56 Å². The summed E-state index contributed by atoms with van der Waals surface area (Å²) in [7, 11) is 0. The number of carboxylic acids is 1. The predicted octanol–water partition coefficient (Wildman–Crippen LogP) is 4.00. The Morgan fingerprint density at radius 2 is 1.80 bits per heavy atom. The molecule has 0 radical (unpaired) electrons. The van der Waals surface area contributed by atoms with Gasteiger partial charge in [0.25, 0.3) is 5.91 Å². The second-order valence-electron chi connectivity index (χ2n) is 7.35. The fourth-order valence-corrected chi connectivity index (χ4v) is 2.69. The lowest BCUT2D eigenvalue weighted by molar-refractivity contribution is -0.136. The number of aliphatic carboxylic acids is 1. The molecule has 0 aliphatic heterocycles. The number of carboxylic acid groups (broad SMARTS) is 1. The second kappa shape index (κ2) is 7.13. The van der Waals surface area contributed by atoms with Crippen LogP contribution in [0.3, 0.4) is 0 Å². The number of furan rings is 1. The normalized spacial score (nSPS) is 12.7. The van der Waals surface area contributed by atoms with Gasteiger partial charge in [-0.2, -0.15) is 0 Å². The van der Waals surface area contributed by atoms with Crippen molar-refractivity contribution in [1.29, 1.82) is 0 Å². The second-order valence-corrected chi connectivity index (χ2v) is 7.35. The molecule has 0 bridgehead atoms. The number of carbonyl (C=O) groups is 2. The van der Waals surface area contributed by atoms with E-state index in [1.807, 2.05) is 19.1 Å². The van der Waals surface area contributed by atoms with Gasteiger partial charge in [0.2, 0.25) is 0 Å². The highest BCUT2D eigenvalue weighted by molar-refractivity contribution is 5.97. The fourth-order valence-electron chi connectivity index (χ4n) is 2.69. The summed E-state index contributed by atoms with van der Waals surface area (Å²) in [4.78, 5) is 23.5. The van der Waals surface area contributed by atoms with Crippen LogP contribution < -0.4 is 5.32 Å². The Morgan fingerprint density at radius 1 is 1.20 bits per heavy atom. The maximum Gasteiger partial charge on any atom is 0.311 e. The molecule has 2 aromatic rings. The lowest BCUT2D eigenvalue weighted by Gasteiger charge is -2.21. The summed E-state index contributed by atoms with van der Waals surface area (Å²) < 4.78 is 5.23. The highest BCUT2D eigenvalue weighted by Crippen LogP contribution is 2.24. The molecule has 1 atom stereocenters. The van der Waals surface area contributed by atoms with Crippen molar-refractivity contribution in [2.24, 2.45) is 0 Å². The first-order chi connectivity index (χ1) is 11.6. The van der Waals surface area contributed by atoms with Crippen LogP contribution in [0.1, 0.15) is 66.5 Å². The first-order valence-corrected chi connectivity index (χ1v) is 8.29. The van der Waals surface area contributed by atoms with Crippen molar-refractivity contribution in [3.8, 4) is 0 Å². The Bertz CT molecular complexity index is 766. The average Bonchev–Trinajstić information content (AvgIpc) is 2.86. The average molecular weight is 343 g/mol. The molecule has 0 aliphatic carbocycles. The van der Waals surface area contributed by atoms with E-state index in [1.54, 1.807) is 6.92 Å². The van der Waals surface area contributed by atoms with Gasteiger partial charge < -0.3 is 14.8 Å². The summed E-state index contributed by atoms with van der Waals surface area (Å²) in [6.07, 6.45) is 1.10. The number of hydrogen-bond donors (Lipinski definition) is 2. The lowest BCUT2D eigenvalue weighted by atomic mass is 9.86. The largest absolute Gasteiger partial charge is 0.481 e. The van der Waals surface area contributed by atoms with Crippen LogP contribution in [-0.2, 0) is 16.6 Å². The van der Waals surface area contributed by atoms with Gasteiger partial charge in [-0.1, -0.05) is 45.0 Å². The van der Waals surface area contributed by atoms with E-state index >= 15 is 0 Å². The molecule has 0 saturated carbocycles. The van der Waals surface area contributed by atoms with Gasteiger partial charge in [0, 0.05) is 5.56 Å². The molecule has 1 unspecified atom stereocenters. The Labute approximate surface area is 148 Å².